The van der Waals surface area contributed by atoms with Gasteiger partial charge in [0, 0.05) is 16.1 Å². The fourth-order valence-electron chi connectivity index (χ4n) is 2.09. The van der Waals surface area contributed by atoms with Gasteiger partial charge in [-0.25, -0.2) is 0 Å². The lowest BCUT2D eigenvalue weighted by molar-refractivity contribution is 0.405. The number of aromatic nitrogens is 2. The maximum Gasteiger partial charge on any atom is 0.251 e. The molecule has 0 amide bonds. The summed E-state index contributed by atoms with van der Waals surface area (Å²) in [6.07, 6.45) is 1.85. The van der Waals surface area contributed by atoms with Crippen molar-refractivity contribution in [2.24, 2.45) is 0 Å². The van der Waals surface area contributed by atoms with Crippen LogP contribution < -0.4 is 0 Å². The molecule has 110 valence electrons. The van der Waals surface area contributed by atoms with Crippen LogP contribution in [-0.2, 0) is 0 Å². The SMILES string of the molecule is Cc1noc(C=C(c2ccc(Cl)cc2)c2ccc(Cl)cc2)n1. The molecule has 1 heterocycles. The minimum absolute atomic E-state index is 0.456. The molecule has 0 aliphatic rings. The van der Waals surface area contributed by atoms with Gasteiger partial charge in [0.2, 0.25) is 0 Å². The highest BCUT2D eigenvalue weighted by Gasteiger charge is 2.08. The number of aryl methyl sites for hydroxylation is 1. The highest BCUT2D eigenvalue weighted by molar-refractivity contribution is 6.31. The summed E-state index contributed by atoms with van der Waals surface area (Å²) in [6.45, 7) is 1.78. The van der Waals surface area contributed by atoms with E-state index in [0.29, 0.717) is 21.8 Å². The second-order valence-electron chi connectivity index (χ2n) is 4.75. The Morgan fingerprint density at radius 1 is 0.909 bits per heavy atom. The highest BCUT2D eigenvalue weighted by atomic mass is 35.5. The van der Waals surface area contributed by atoms with Crippen molar-refractivity contribution in [1.29, 1.82) is 0 Å². The molecule has 0 N–H and O–H groups in total. The predicted octanol–water partition coefficient (Wildman–Crippen LogP) is 5.27. The lowest BCUT2D eigenvalue weighted by Gasteiger charge is -2.08. The number of halogens is 2. The maximum atomic E-state index is 5.97. The highest BCUT2D eigenvalue weighted by Crippen LogP contribution is 2.27. The lowest BCUT2D eigenvalue weighted by Crippen LogP contribution is -1.88. The minimum Gasteiger partial charge on any atom is -0.335 e. The van der Waals surface area contributed by atoms with Gasteiger partial charge in [-0.1, -0.05) is 52.6 Å². The lowest BCUT2D eigenvalue weighted by atomic mass is 9.97. The van der Waals surface area contributed by atoms with Crippen LogP contribution >= 0.6 is 23.2 Å². The van der Waals surface area contributed by atoms with Crippen molar-refractivity contribution in [3.63, 3.8) is 0 Å². The molecule has 1 aromatic heterocycles. The second-order valence-corrected chi connectivity index (χ2v) is 5.62. The molecule has 0 radical (unpaired) electrons. The van der Waals surface area contributed by atoms with E-state index in [1.165, 1.54) is 0 Å². The van der Waals surface area contributed by atoms with Crippen molar-refractivity contribution in [3.8, 4) is 0 Å². The van der Waals surface area contributed by atoms with Gasteiger partial charge in [-0.05, 0) is 47.9 Å². The molecule has 0 saturated heterocycles. The van der Waals surface area contributed by atoms with Crippen LogP contribution in [0.2, 0.25) is 10.0 Å². The summed E-state index contributed by atoms with van der Waals surface area (Å²) in [5.41, 5.74) is 2.96. The summed E-state index contributed by atoms with van der Waals surface area (Å²) in [5, 5.41) is 5.19. The zero-order valence-electron chi connectivity index (χ0n) is 11.8. The zero-order valence-corrected chi connectivity index (χ0v) is 13.3. The first kappa shape index (κ1) is 14.8. The molecule has 0 fully saturated rings. The van der Waals surface area contributed by atoms with Gasteiger partial charge >= 0.3 is 0 Å². The fourth-order valence-corrected chi connectivity index (χ4v) is 2.34. The smallest absolute Gasteiger partial charge is 0.251 e. The Balaban J connectivity index is 2.11. The number of hydrogen-bond donors (Lipinski definition) is 0. The first-order chi connectivity index (χ1) is 10.6. The number of rotatable bonds is 3. The van der Waals surface area contributed by atoms with E-state index in [9.17, 15) is 0 Å². The molecule has 22 heavy (non-hydrogen) atoms. The summed E-state index contributed by atoms with van der Waals surface area (Å²) in [5.74, 6) is 1.05. The molecule has 0 spiro atoms. The Labute approximate surface area is 138 Å². The van der Waals surface area contributed by atoms with Gasteiger partial charge in [-0.3, -0.25) is 0 Å². The standard InChI is InChI=1S/C17H12Cl2N2O/c1-11-20-17(22-21-11)10-16(12-2-6-14(18)7-3-12)13-4-8-15(19)9-5-13/h2-10H,1H3. The summed E-state index contributed by atoms with van der Waals surface area (Å²) in [4.78, 5) is 4.23. The molecule has 3 nitrogen and oxygen atoms in total. The van der Waals surface area contributed by atoms with E-state index in [2.05, 4.69) is 10.1 Å². The van der Waals surface area contributed by atoms with Gasteiger partial charge in [0.15, 0.2) is 5.82 Å². The van der Waals surface area contributed by atoms with Crippen LogP contribution in [0.5, 0.6) is 0 Å². The van der Waals surface area contributed by atoms with Crippen LogP contribution in [0.25, 0.3) is 11.6 Å². The largest absolute Gasteiger partial charge is 0.335 e. The molecule has 0 aliphatic heterocycles. The van der Waals surface area contributed by atoms with Crippen molar-refractivity contribution in [2.75, 3.05) is 0 Å². The number of benzene rings is 2. The molecule has 0 unspecified atom stereocenters. The Morgan fingerprint density at radius 3 is 1.82 bits per heavy atom. The molecule has 2 aromatic carbocycles. The summed E-state index contributed by atoms with van der Waals surface area (Å²) in [7, 11) is 0. The van der Waals surface area contributed by atoms with Gasteiger partial charge in [0.05, 0.1) is 0 Å². The van der Waals surface area contributed by atoms with E-state index in [-0.39, 0.29) is 0 Å². The average molecular weight is 331 g/mol. The molecule has 0 aliphatic carbocycles. The summed E-state index contributed by atoms with van der Waals surface area (Å²) < 4.78 is 5.20. The fraction of sp³-hybridized carbons (Fsp3) is 0.0588. The molecular formula is C17H12Cl2N2O. The number of hydrogen-bond acceptors (Lipinski definition) is 3. The van der Waals surface area contributed by atoms with E-state index < -0.39 is 0 Å². The van der Waals surface area contributed by atoms with Crippen LogP contribution in [0.4, 0.5) is 0 Å². The average Bonchev–Trinajstić information content (AvgIpc) is 2.92. The molecular weight excluding hydrogens is 319 g/mol. The van der Waals surface area contributed by atoms with Crippen molar-refractivity contribution in [1.82, 2.24) is 10.1 Å². The number of nitrogens with zero attached hydrogens (tertiary/aromatic N) is 2. The van der Waals surface area contributed by atoms with E-state index in [4.69, 9.17) is 27.7 Å². The van der Waals surface area contributed by atoms with Gasteiger partial charge < -0.3 is 4.52 Å². The van der Waals surface area contributed by atoms with Crippen LogP contribution in [0, 0.1) is 6.92 Å². The third-order valence-corrected chi connectivity index (χ3v) is 3.63. The zero-order chi connectivity index (χ0) is 15.5. The molecule has 0 atom stereocenters. The quantitative estimate of drug-likeness (QED) is 0.656. The third kappa shape index (κ3) is 3.38. The first-order valence-electron chi connectivity index (χ1n) is 6.66. The van der Waals surface area contributed by atoms with Gasteiger partial charge in [-0.2, -0.15) is 4.98 Å². The summed E-state index contributed by atoms with van der Waals surface area (Å²) in [6, 6.07) is 15.2. The van der Waals surface area contributed by atoms with Gasteiger partial charge in [0.25, 0.3) is 5.89 Å². The van der Waals surface area contributed by atoms with Gasteiger partial charge in [0.1, 0.15) is 0 Å². The van der Waals surface area contributed by atoms with Crippen LogP contribution in [0.15, 0.2) is 53.1 Å². The Morgan fingerprint density at radius 2 is 1.41 bits per heavy atom. The molecule has 0 bridgehead atoms. The van der Waals surface area contributed by atoms with E-state index in [1.807, 2.05) is 54.6 Å². The molecule has 0 saturated carbocycles. The summed E-state index contributed by atoms with van der Waals surface area (Å²) >= 11 is 11.9. The monoisotopic (exact) mass is 330 g/mol. The van der Waals surface area contributed by atoms with Gasteiger partial charge in [-0.15, -0.1) is 0 Å². The molecule has 3 aromatic rings. The Bertz CT molecular complexity index is 758. The van der Waals surface area contributed by atoms with Crippen LogP contribution in [0.1, 0.15) is 22.8 Å². The third-order valence-electron chi connectivity index (χ3n) is 3.12. The Kier molecular flexibility index (Phi) is 4.27. The normalized spacial score (nSPS) is 10.5. The van der Waals surface area contributed by atoms with Crippen molar-refractivity contribution in [3.05, 3.63) is 81.4 Å². The molecule has 5 heteroatoms. The first-order valence-corrected chi connectivity index (χ1v) is 7.41. The topological polar surface area (TPSA) is 38.9 Å². The van der Waals surface area contributed by atoms with Crippen LogP contribution in [0.3, 0.4) is 0 Å². The van der Waals surface area contributed by atoms with E-state index in [1.54, 1.807) is 6.92 Å². The Hall–Kier alpha value is -2.10. The second kappa shape index (κ2) is 6.34. The van der Waals surface area contributed by atoms with Crippen molar-refractivity contribution >= 4 is 34.9 Å². The predicted molar refractivity (Wildman–Crippen MR) is 88.9 cm³/mol. The van der Waals surface area contributed by atoms with E-state index >= 15 is 0 Å². The minimum atomic E-state index is 0.456. The van der Waals surface area contributed by atoms with Crippen molar-refractivity contribution in [2.45, 2.75) is 6.92 Å². The molecule has 3 rings (SSSR count). The van der Waals surface area contributed by atoms with E-state index in [0.717, 1.165) is 16.7 Å². The van der Waals surface area contributed by atoms with Crippen LogP contribution in [-0.4, -0.2) is 10.1 Å². The maximum absolute atomic E-state index is 5.97. The van der Waals surface area contributed by atoms with Crippen molar-refractivity contribution < 1.29 is 4.52 Å².